The number of hydrogen-bond acceptors (Lipinski definition) is 3. The molecule has 5 nitrogen and oxygen atoms in total. The molecule has 0 saturated carbocycles. The number of nitrogens with zero attached hydrogens (tertiary/aromatic N) is 2. The number of H-pyrrole nitrogens is 1. The van der Waals surface area contributed by atoms with E-state index >= 15 is 0 Å². The van der Waals surface area contributed by atoms with E-state index in [1.165, 1.54) is 4.57 Å². The van der Waals surface area contributed by atoms with Crippen molar-refractivity contribution < 1.29 is 0 Å². The Morgan fingerprint density at radius 2 is 2.22 bits per heavy atom. The van der Waals surface area contributed by atoms with Gasteiger partial charge < -0.3 is 0 Å². The van der Waals surface area contributed by atoms with E-state index in [2.05, 4.69) is 9.97 Å². The second kappa shape index (κ2) is 5.44. The molecule has 18 heavy (non-hydrogen) atoms. The number of nitrogens with one attached hydrogen (secondary N) is 1. The van der Waals surface area contributed by atoms with Crippen LogP contribution in [-0.2, 0) is 19.4 Å². The van der Waals surface area contributed by atoms with E-state index in [-0.39, 0.29) is 11.2 Å². The number of pyridine rings is 1. The Kier molecular flexibility index (Phi) is 3.72. The van der Waals surface area contributed by atoms with Gasteiger partial charge in [0.05, 0.1) is 0 Å². The molecular formula is C13H15N3O2. The van der Waals surface area contributed by atoms with Gasteiger partial charge in [0, 0.05) is 30.7 Å². The van der Waals surface area contributed by atoms with Crippen LogP contribution >= 0.6 is 0 Å². The van der Waals surface area contributed by atoms with E-state index in [1.54, 1.807) is 18.6 Å². The molecule has 94 valence electrons. The summed E-state index contributed by atoms with van der Waals surface area (Å²) in [5, 5.41) is 0. The molecule has 0 aromatic carbocycles. The second-order valence-corrected chi connectivity index (χ2v) is 4.07. The molecule has 0 aliphatic rings. The highest BCUT2D eigenvalue weighted by Crippen LogP contribution is 1.99. The molecule has 0 bridgehead atoms. The largest absolute Gasteiger partial charge is 0.328 e. The summed E-state index contributed by atoms with van der Waals surface area (Å²) < 4.78 is 1.53. The van der Waals surface area contributed by atoms with E-state index in [4.69, 9.17) is 0 Å². The van der Waals surface area contributed by atoms with Gasteiger partial charge in [-0.05, 0) is 24.5 Å². The van der Waals surface area contributed by atoms with Gasteiger partial charge in [0.1, 0.15) is 0 Å². The first-order valence-electron chi connectivity index (χ1n) is 5.92. The van der Waals surface area contributed by atoms with Crippen LogP contribution in [0.4, 0.5) is 0 Å². The molecule has 0 unspecified atom stereocenters. The van der Waals surface area contributed by atoms with Crippen LogP contribution in [0.1, 0.15) is 18.1 Å². The number of hydrogen-bond donors (Lipinski definition) is 1. The first-order valence-corrected chi connectivity index (χ1v) is 5.92. The van der Waals surface area contributed by atoms with E-state index < -0.39 is 0 Å². The normalized spacial score (nSPS) is 10.5. The Morgan fingerprint density at radius 3 is 2.89 bits per heavy atom. The van der Waals surface area contributed by atoms with Gasteiger partial charge in [-0.3, -0.25) is 19.3 Å². The zero-order valence-electron chi connectivity index (χ0n) is 10.2. The van der Waals surface area contributed by atoms with Crippen LogP contribution in [0.3, 0.4) is 0 Å². The van der Waals surface area contributed by atoms with Crippen molar-refractivity contribution in [2.75, 3.05) is 0 Å². The molecule has 0 aliphatic heterocycles. The fraction of sp³-hybridized carbons (Fsp3) is 0.308. The average molecular weight is 245 g/mol. The maximum absolute atomic E-state index is 11.6. The lowest BCUT2D eigenvalue weighted by atomic mass is 10.2. The lowest BCUT2D eigenvalue weighted by Crippen LogP contribution is -2.32. The third-order valence-electron chi connectivity index (χ3n) is 2.83. The summed E-state index contributed by atoms with van der Waals surface area (Å²) in [7, 11) is 0. The van der Waals surface area contributed by atoms with E-state index in [0.29, 0.717) is 24.9 Å². The summed E-state index contributed by atoms with van der Waals surface area (Å²) >= 11 is 0. The summed E-state index contributed by atoms with van der Waals surface area (Å²) in [4.78, 5) is 29.4. The highest BCUT2D eigenvalue weighted by molar-refractivity contribution is 5.09. The van der Waals surface area contributed by atoms with Crippen molar-refractivity contribution in [3.05, 3.63) is 62.7 Å². The van der Waals surface area contributed by atoms with Crippen LogP contribution in [0.2, 0.25) is 0 Å². The summed E-state index contributed by atoms with van der Waals surface area (Å²) in [6, 6.07) is 3.83. The maximum atomic E-state index is 11.6. The number of rotatable bonds is 4. The molecule has 0 atom stereocenters. The number of aryl methyl sites for hydroxylation is 3. The van der Waals surface area contributed by atoms with Crippen LogP contribution in [-0.4, -0.2) is 14.5 Å². The molecule has 2 rings (SSSR count). The van der Waals surface area contributed by atoms with Crippen LogP contribution in [0.15, 0.2) is 40.3 Å². The Bertz CT molecular complexity index is 629. The van der Waals surface area contributed by atoms with Crippen molar-refractivity contribution in [2.24, 2.45) is 0 Å². The fourth-order valence-corrected chi connectivity index (χ4v) is 1.77. The Balaban J connectivity index is 2.20. The van der Waals surface area contributed by atoms with Crippen molar-refractivity contribution in [1.82, 2.24) is 14.5 Å². The molecule has 0 aliphatic carbocycles. The molecule has 5 heteroatoms. The van der Waals surface area contributed by atoms with Gasteiger partial charge in [0.2, 0.25) is 0 Å². The smallest absolute Gasteiger partial charge is 0.300 e. The second-order valence-electron chi connectivity index (χ2n) is 4.07. The van der Waals surface area contributed by atoms with Crippen LogP contribution in [0.5, 0.6) is 0 Å². The van der Waals surface area contributed by atoms with E-state index in [0.717, 1.165) is 5.56 Å². The lowest BCUT2D eigenvalue weighted by molar-refractivity contribution is 0.636. The van der Waals surface area contributed by atoms with Gasteiger partial charge in [-0.15, -0.1) is 0 Å². The molecular weight excluding hydrogens is 230 g/mol. The number of aromatic nitrogens is 3. The average Bonchev–Trinajstić information content (AvgIpc) is 2.39. The Morgan fingerprint density at radius 1 is 1.39 bits per heavy atom. The third kappa shape index (κ3) is 2.74. The fourth-order valence-electron chi connectivity index (χ4n) is 1.77. The highest BCUT2D eigenvalue weighted by atomic mass is 16.2. The van der Waals surface area contributed by atoms with Crippen molar-refractivity contribution in [1.29, 1.82) is 0 Å². The zero-order chi connectivity index (χ0) is 13.0. The van der Waals surface area contributed by atoms with Gasteiger partial charge in [-0.25, -0.2) is 4.79 Å². The van der Waals surface area contributed by atoms with Crippen molar-refractivity contribution in [3.8, 4) is 0 Å². The molecule has 0 spiro atoms. The zero-order valence-corrected chi connectivity index (χ0v) is 10.2. The number of aromatic amines is 1. The van der Waals surface area contributed by atoms with E-state index in [9.17, 15) is 9.59 Å². The van der Waals surface area contributed by atoms with Crippen molar-refractivity contribution in [3.63, 3.8) is 0 Å². The first-order chi connectivity index (χ1) is 8.70. The minimum Gasteiger partial charge on any atom is -0.300 e. The topological polar surface area (TPSA) is 67.8 Å². The van der Waals surface area contributed by atoms with Crippen LogP contribution in [0, 0.1) is 0 Å². The summed E-state index contributed by atoms with van der Waals surface area (Å²) in [6.45, 7) is 2.43. The van der Waals surface area contributed by atoms with Crippen LogP contribution in [0.25, 0.3) is 0 Å². The third-order valence-corrected chi connectivity index (χ3v) is 2.83. The molecule has 0 amide bonds. The molecule has 2 aromatic heterocycles. The minimum absolute atomic E-state index is 0.292. The summed E-state index contributed by atoms with van der Waals surface area (Å²) in [5.41, 5.74) is 1.04. The molecule has 2 heterocycles. The molecule has 1 N–H and O–H groups in total. The monoisotopic (exact) mass is 245 g/mol. The predicted octanol–water partition coefficient (Wildman–Crippen LogP) is 0.737. The predicted molar refractivity (Wildman–Crippen MR) is 68.6 cm³/mol. The van der Waals surface area contributed by atoms with Gasteiger partial charge in [0.25, 0.3) is 5.56 Å². The molecule has 2 aromatic rings. The quantitative estimate of drug-likeness (QED) is 0.863. The first kappa shape index (κ1) is 12.3. The van der Waals surface area contributed by atoms with E-state index in [1.807, 2.05) is 19.1 Å². The van der Waals surface area contributed by atoms with Gasteiger partial charge in [-0.2, -0.15) is 0 Å². The van der Waals surface area contributed by atoms with Gasteiger partial charge >= 0.3 is 5.69 Å². The van der Waals surface area contributed by atoms with Crippen molar-refractivity contribution in [2.45, 2.75) is 26.3 Å². The Labute approximate surface area is 104 Å². The standard InChI is InChI=1S/C13H15N3O2/c1-2-11-9-16(13(18)15-12(11)17)7-5-10-4-3-6-14-8-10/h3-4,6,8-9H,2,5,7H2,1H3,(H,15,17,18). The lowest BCUT2D eigenvalue weighted by Gasteiger charge is -2.06. The summed E-state index contributed by atoms with van der Waals surface area (Å²) in [6.07, 6.45) is 6.45. The Hall–Kier alpha value is -2.17. The molecule has 0 fully saturated rings. The van der Waals surface area contributed by atoms with Gasteiger partial charge in [0.15, 0.2) is 0 Å². The highest BCUT2D eigenvalue weighted by Gasteiger charge is 2.03. The molecule has 0 saturated heterocycles. The minimum atomic E-state index is -0.360. The SMILES string of the molecule is CCc1cn(CCc2cccnc2)c(=O)[nH]c1=O. The maximum Gasteiger partial charge on any atom is 0.328 e. The van der Waals surface area contributed by atoms with Crippen molar-refractivity contribution >= 4 is 0 Å². The summed E-state index contributed by atoms with van der Waals surface area (Å²) in [5.74, 6) is 0. The molecule has 0 radical (unpaired) electrons. The van der Waals surface area contributed by atoms with Gasteiger partial charge in [-0.1, -0.05) is 13.0 Å². The van der Waals surface area contributed by atoms with Crippen LogP contribution < -0.4 is 11.2 Å².